The molecule has 0 aliphatic rings. The molecule has 21 heavy (non-hydrogen) atoms. The van der Waals surface area contributed by atoms with Crippen LogP contribution >= 0.6 is 27.5 Å². The van der Waals surface area contributed by atoms with Crippen molar-refractivity contribution in [2.75, 3.05) is 0 Å². The van der Waals surface area contributed by atoms with Crippen molar-refractivity contribution in [2.45, 2.75) is 19.2 Å². The Kier molecular flexibility index (Phi) is 3.71. The van der Waals surface area contributed by atoms with Gasteiger partial charge in [-0.2, -0.15) is 0 Å². The lowest BCUT2D eigenvalue weighted by Gasteiger charge is -2.11. The van der Waals surface area contributed by atoms with Crippen LogP contribution in [0.4, 0.5) is 4.39 Å². The summed E-state index contributed by atoms with van der Waals surface area (Å²) in [5, 5.41) is -0.289. The van der Waals surface area contributed by atoms with Crippen LogP contribution in [0.25, 0.3) is 16.9 Å². The molecule has 1 aromatic carbocycles. The lowest BCUT2D eigenvalue weighted by molar-refractivity contribution is 0.620. The molecule has 6 heteroatoms. The van der Waals surface area contributed by atoms with Crippen LogP contribution < -0.4 is 0 Å². The minimum Gasteiger partial charge on any atom is -0.279 e. The zero-order valence-corrected chi connectivity index (χ0v) is 13.8. The predicted molar refractivity (Wildman–Crippen MR) is 85.5 cm³/mol. The average molecular weight is 369 g/mol. The second-order valence-corrected chi connectivity index (χ2v) is 6.32. The van der Waals surface area contributed by atoms with Crippen molar-refractivity contribution in [3.05, 3.63) is 52.1 Å². The van der Waals surface area contributed by atoms with Crippen LogP contribution in [0.3, 0.4) is 0 Å². The van der Waals surface area contributed by atoms with Gasteiger partial charge in [-0.15, -0.1) is 11.6 Å². The number of halogens is 3. The van der Waals surface area contributed by atoms with E-state index in [2.05, 4.69) is 25.9 Å². The highest BCUT2D eigenvalue weighted by Crippen LogP contribution is 2.29. The van der Waals surface area contributed by atoms with Gasteiger partial charge in [0.1, 0.15) is 17.2 Å². The molecule has 0 spiro atoms. The standard InChI is InChI=1S/C15H12BrClFN3/c1-8-3-6-13-15(19-8)21(14(20-13)9(2)17)10-4-5-12(18)11(16)7-10/h3-7,9H,1-2H3. The van der Waals surface area contributed by atoms with Gasteiger partial charge in [-0.1, -0.05) is 0 Å². The Morgan fingerprint density at radius 1 is 1.24 bits per heavy atom. The third-order valence-corrected chi connectivity index (χ3v) is 3.99. The quantitative estimate of drug-likeness (QED) is 0.600. The minimum absolute atomic E-state index is 0.289. The molecule has 0 amide bonds. The summed E-state index contributed by atoms with van der Waals surface area (Å²) in [6, 6.07) is 8.61. The van der Waals surface area contributed by atoms with E-state index in [0.29, 0.717) is 10.3 Å². The van der Waals surface area contributed by atoms with Gasteiger partial charge in [-0.3, -0.25) is 4.57 Å². The van der Waals surface area contributed by atoms with Crippen molar-refractivity contribution in [3.8, 4) is 5.69 Å². The first kappa shape index (κ1) is 14.5. The highest BCUT2D eigenvalue weighted by Gasteiger charge is 2.18. The second-order valence-electron chi connectivity index (χ2n) is 4.82. The molecule has 1 unspecified atom stereocenters. The third kappa shape index (κ3) is 2.56. The summed E-state index contributed by atoms with van der Waals surface area (Å²) in [6.45, 7) is 3.77. The summed E-state index contributed by atoms with van der Waals surface area (Å²) in [5.41, 5.74) is 3.14. The Hall–Kier alpha value is -1.46. The van der Waals surface area contributed by atoms with E-state index in [0.717, 1.165) is 22.5 Å². The first-order chi connectivity index (χ1) is 9.97. The van der Waals surface area contributed by atoms with E-state index in [-0.39, 0.29) is 11.2 Å². The molecule has 2 heterocycles. The molecule has 3 aromatic rings. The third-order valence-electron chi connectivity index (χ3n) is 3.19. The highest BCUT2D eigenvalue weighted by molar-refractivity contribution is 9.10. The number of rotatable bonds is 2. The summed E-state index contributed by atoms with van der Waals surface area (Å²) in [7, 11) is 0. The van der Waals surface area contributed by atoms with Crippen LogP contribution in [-0.4, -0.2) is 14.5 Å². The predicted octanol–water partition coefficient (Wildman–Crippen LogP) is 4.93. The second kappa shape index (κ2) is 5.39. The molecule has 3 nitrogen and oxygen atoms in total. The average Bonchev–Trinajstić information content (AvgIpc) is 2.80. The fourth-order valence-electron chi connectivity index (χ4n) is 2.21. The number of imidazole rings is 1. The number of fused-ring (bicyclic) bond motifs is 1. The van der Waals surface area contributed by atoms with E-state index in [1.54, 1.807) is 12.1 Å². The maximum atomic E-state index is 13.5. The zero-order valence-electron chi connectivity index (χ0n) is 11.4. The monoisotopic (exact) mass is 367 g/mol. The molecule has 3 rings (SSSR count). The molecular weight excluding hydrogens is 357 g/mol. The van der Waals surface area contributed by atoms with Crippen LogP contribution in [0.2, 0.25) is 0 Å². The maximum absolute atomic E-state index is 13.5. The Balaban J connectivity index is 2.35. The van der Waals surface area contributed by atoms with E-state index < -0.39 is 0 Å². The van der Waals surface area contributed by atoms with Crippen LogP contribution in [0.5, 0.6) is 0 Å². The maximum Gasteiger partial charge on any atom is 0.164 e. The molecular formula is C15H12BrClFN3. The number of nitrogens with zero attached hydrogens (tertiary/aromatic N) is 3. The van der Waals surface area contributed by atoms with E-state index in [1.165, 1.54) is 6.07 Å². The zero-order chi connectivity index (χ0) is 15.1. The van der Waals surface area contributed by atoms with Crippen LogP contribution in [0.15, 0.2) is 34.8 Å². The van der Waals surface area contributed by atoms with Gasteiger partial charge in [0.05, 0.1) is 15.5 Å². The number of hydrogen-bond acceptors (Lipinski definition) is 2. The molecule has 0 saturated carbocycles. The van der Waals surface area contributed by atoms with Crippen molar-refractivity contribution in [2.24, 2.45) is 0 Å². The van der Waals surface area contributed by atoms with Gasteiger partial charge in [0, 0.05) is 5.69 Å². The summed E-state index contributed by atoms with van der Waals surface area (Å²) in [6.07, 6.45) is 0. The van der Waals surface area contributed by atoms with Crippen molar-refractivity contribution in [1.82, 2.24) is 14.5 Å². The fraction of sp³-hybridized carbons (Fsp3) is 0.200. The largest absolute Gasteiger partial charge is 0.279 e. The molecule has 0 bridgehead atoms. The van der Waals surface area contributed by atoms with Gasteiger partial charge in [-0.25, -0.2) is 14.4 Å². The van der Waals surface area contributed by atoms with E-state index in [1.807, 2.05) is 30.5 Å². The van der Waals surface area contributed by atoms with E-state index in [9.17, 15) is 4.39 Å². The van der Waals surface area contributed by atoms with Gasteiger partial charge in [0.2, 0.25) is 0 Å². The normalized spacial score (nSPS) is 12.8. The molecule has 0 saturated heterocycles. The first-order valence-corrected chi connectivity index (χ1v) is 7.66. The molecule has 0 fully saturated rings. The number of hydrogen-bond donors (Lipinski definition) is 0. The Labute approximate surface area is 134 Å². The summed E-state index contributed by atoms with van der Waals surface area (Å²) in [4.78, 5) is 9.08. The number of aromatic nitrogens is 3. The van der Waals surface area contributed by atoms with Crippen molar-refractivity contribution in [3.63, 3.8) is 0 Å². The summed E-state index contributed by atoms with van der Waals surface area (Å²) >= 11 is 9.45. The first-order valence-electron chi connectivity index (χ1n) is 6.43. The number of pyridine rings is 1. The Morgan fingerprint density at radius 3 is 2.67 bits per heavy atom. The molecule has 0 radical (unpaired) electrons. The summed E-state index contributed by atoms with van der Waals surface area (Å²) < 4.78 is 15.7. The number of aryl methyl sites for hydroxylation is 1. The molecule has 0 N–H and O–H groups in total. The van der Waals surface area contributed by atoms with Crippen LogP contribution in [0, 0.1) is 12.7 Å². The van der Waals surface area contributed by atoms with Crippen LogP contribution in [0.1, 0.15) is 23.8 Å². The number of benzene rings is 1. The lowest BCUT2D eigenvalue weighted by Crippen LogP contribution is -2.03. The van der Waals surface area contributed by atoms with Crippen molar-refractivity contribution < 1.29 is 4.39 Å². The molecule has 0 aliphatic heterocycles. The summed E-state index contributed by atoms with van der Waals surface area (Å²) in [5.74, 6) is 0.371. The van der Waals surface area contributed by atoms with Crippen LogP contribution in [-0.2, 0) is 0 Å². The van der Waals surface area contributed by atoms with Gasteiger partial charge in [0.15, 0.2) is 5.65 Å². The number of alkyl halides is 1. The van der Waals surface area contributed by atoms with E-state index >= 15 is 0 Å². The topological polar surface area (TPSA) is 30.7 Å². The van der Waals surface area contributed by atoms with Gasteiger partial charge < -0.3 is 0 Å². The van der Waals surface area contributed by atoms with Gasteiger partial charge in [0.25, 0.3) is 0 Å². The SMILES string of the molecule is Cc1ccc2nc(C(C)Cl)n(-c3ccc(F)c(Br)c3)c2n1. The molecule has 108 valence electrons. The van der Waals surface area contributed by atoms with Crippen molar-refractivity contribution in [1.29, 1.82) is 0 Å². The Bertz CT molecular complexity index is 829. The highest BCUT2D eigenvalue weighted by atomic mass is 79.9. The van der Waals surface area contributed by atoms with Gasteiger partial charge in [-0.05, 0) is 60.1 Å². The fourth-order valence-corrected chi connectivity index (χ4v) is 2.73. The smallest absolute Gasteiger partial charge is 0.164 e. The minimum atomic E-state index is -0.312. The lowest BCUT2D eigenvalue weighted by atomic mass is 10.3. The molecule has 2 aromatic heterocycles. The van der Waals surface area contributed by atoms with E-state index in [4.69, 9.17) is 11.6 Å². The Morgan fingerprint density at radius 2 is 2.00 bits per heavy atom. The molecule has 1 atom stereocenters. The molecule has 0 aliphatic carbocycles. The van der Waals surface area contributed by atoms with Gasteiger partial charge >= 0.3 is 0 Å². The van der Waals surface area contributed by atoms with Crippen molar-refractivity contribution >= 4 is 38.7 Å².